The predicted molar refractivity (Wildman–Crippen MR) is 109 cm³/mol. The summed E-state index contributed by atoms with van der Waals surface area (Å²) in [5.74, 6) is 1.01. The van der Waals surface area contributed by atoms with Crippen LogP contribution in [-0.2, 0) is 0 Å². The number of fused-ring (bicyclic) bond motifs is 4. The van der Waals surface area contributed by atoms with Crippen LogP contribution in [0.5, 0.6) is 5.75 Å². The molecule has 1 spiro atoms. The van der Waals surface area contributed by atoms with Crippen molar-refractivity contribution in [2.24, 2.45) is 5.10 Å². The largest absolute Gasteiger partial charge is 0.466 e. The molecule has 1 saturated heterocycles. The first kappa shape index (κ1) is 17.2. The lowest BCUT2D eigenvalue weighted by Crippen LogP contribution is -2.59. The van der Waals surface area contributed by atoms with Gasteiger partial charge in [-0.15, -0.1) is 0 Å². The second-order valence-corrected chi connectivity index (χ2v) is 8.43. The maximum Gasteiger partial charge on any atom is 0.200 e. The topological polar surface area (TPSA) is 41.0 Å². The molecular weight excluding hydrogens is 404 g/mol. The van der Waals surface area contributed by atoms with Crippen LogP contribution in [0.2, 0.25) is 0 Å². The number of rotatable bonds is 2. The Kier molecular flexibility index (Phi) is 4.20. The minimum atomic E-state index is -0.341. The monoisotopic (exact) mass is 426 g/mol. The summed E-state index contributed by atoms with van der Waals surface area (Å²) >= 11 is 3.63. The van der Waals surface area contributed by atoms with Crippen LogP contribution in [0.1, 0.15) is 43.4 Å². The number of aromatic nitrogens is 1. The zero-order chi connectivity index (χ0) is 18.4. The van der Waals surface area contributed by atoms with Gasteiger partial charge in [0.15, 0.2) is 0 Å². The van der Waals surface area contributed by atoms with Gasteiger partial charge in [0.25, 0.3) is 0 Å². The van der Waals surface area contributed by atoms with E-state index in [1.54, 1.807) is 0 Å². The summed E-state index contributed by atoms with van der Waals surface area (Å²) in [6.45, 7) is 5.41. The average molecular weight is 427 g/mol. The maximum atomic E-state index is 6.67. The molecule has 5 nitrogen and oxygen atoms in total. The lowest BCUT2D eigenvalue weighted by Gasteiger charge is -2.51. The lowest BCUT2D eigenvalue weighted by molar-refractivity contribution is -0.149. The minimum Gasteiger partial charge on any atom is -0.466 e. The Morgan fingerprint density at radius 2 is 1.96 bits per heavy atom. The summed E-state index contributed by atoms with van der Waals surface area (Å²) in [4.78, 5) is 6.64. The first-order chi connectivity index (χ1) is 13.2. The molecule has 6 heteroatoms. The molecule has 1 unspecified atom stereocenters. The van der Waals surface area contributed by atoms with E-state index in [2.05, 4.69) is 55.9 Å². The number of benzene rings is 1. The van der Waals surface area contributed by atoms with E-state index < -0.39 is 0 Å². The van der Waals surface area contributed by atoms with Crippen LogP contribution in [0.15, 0.2) is 52.3 Å². The molecule has 27 heavy (non-hydrogen) atoms. The van der Waals surface area contributed by atoms with E-state index >= 15 is 0 Å². The van der Waals surface area contributed by atoms with Gasteiger partial charge in [-0.25, -0.2) is 5.01 Å². The molecule has 0 aliphatic carbocycles. The number of nitrogens with zero attached hydrogens (tertiary/aromatic N) is 4. The molecule has 1 atom stereocenters. The van der Waals surface area contributed by atoms with Gasteiger partial charge in [0.2, 0.25) is 5.72 Å². The third kappa shape index (κ3) is 2.86. The summed E-state index contributed by atoms with van der Waals surface area (Å²) in [6, 6.07) is 10.7. The van der Waals surface area contributed by atoms with Crippen molar-refractivity contribution in [2.45, 2.75) is 38.0 Å². The Labute approximate surface area is 168 Å². The molecule has 0 saturated carbocycles. The van der Waals surface area contributed by atoms with E-state index in [0.717, 1.165) is 60.4 Å². The number of pyridine rings is 1. The summed E-state index contributed by atoms with van der Waals surface area (Å²) < 4.78 is 7.75. The molecule has 1 aromatic carbocycles. The van der Waals surface area contributed by atoms with E-state index in [-0.39, 0.29) is 11.8 Å². The predicted octanol–water partition coefficient (Wildman–Crippen LogP) is 4.20. The molecule has 3 aliphatic rings. The molecule has 0 bridgehead atoms. The SMILES string of the molecule is CCN1CCC2(CC1)Oc1ccc(Br)cc1C1CC(c3ccncc3)=NN12. The van der Waals surface area contributed by atoms with Crippen molar-refractivity contribution in [1.82, 2.24) is 14.9 Å². The van der Waals surface area contributed by atoms with E-state index in [1.807, 2.05) is 24.5 Å². The molecule has 3 aliphatic heterocycles. The highest BCUT2D eigenvalue weighted by Crippen LogP contribution is 2.50. The van der Waals surface area contributed by atoms with E-state index in [1.165, 1.54) is 5.56 Å². The van der Waals surface area contributed by atoms with Gasteiger partial charge in [-0.2, -0.15) is 5.10 Å². The number of hydrogen-bond donors (Lipinski definition) is 0. The van der Waals surface area contributed by atoms with Crippen LogP contribution in [0.25, 0.3) is 0 Å². The Bertz CT molecular complexity index is 877. The zero-order valence-corrected chi connectivity index (χ0v) is 17.0. The standard InChI is InChI=1S/C21H23BrN4O/c1-2-25-11-7-21(8-12-25)26-19(17-13-16(22)3-4-20(17)27-21)14-18(24-26)15-5-9-23-10-6-15/h3-6,9-10,13,19H,2,7-8,11-12,14H2,1H3. The molecule has 0 radical (unpaired) electrons. The van der Waals surface area contributed by atoms with Crippen molar-refractivity contribution in [3.63, 3.8) is 0 Å². The van der Waals surface area contributed by atoms with Gasteiger partial charge in [0.05, 0.1) is 11.8 Å². The van der Waals surface area contributed by atoms with Crippen LogP contribution < -0.4 is 4.74 Å². The smallest absolute Gasteiger partial charge is 0.200 e. The quantitative estimate of drug-likeness (QED) is 0.721. The van der Waals surface area contributed by atoms with Gasteiger partial charge < -0.3 is 9.64 Å². The first-order valence-electron chi connectivity index (χ1n) is 9.66. The molecule has 0 N–H and O–H groups in total. The summed E-state index contributed by atoms with van der Waals surface area (Å²) in [7, 11) is 0. The molecular formula is C21H23BrN4O. The van der Waals surface area contributed by atoms with Gasteiger partial charge >= 0.3 is 0 Å². The maximum absolute atomic E-state index is 6.67. The van der Waals surface area contributed by atoms with Crippen LogP contribution in [0.4, 0.5) is 0 Å². The highest BCUT2D eigenvalue weighted by Gasteiger charge is 2.51. The number of halogens is 1. The molecule has 140 valence electrons. The van der Waals surface area contributed by atoms with Crippen molar-refractivity contribution in [1.29, 1.82) is 0 Å². The molecule has 5 rings (SSSR count). The second kappa shape index (κ2) is 6.60. The van der Waals surface area contributed by atoms with Gasteiger partial charge in [-0.1, -0.05) is 22.9 Å². The van der Waals surface area contributed by atoms with Crippen molar-refractivity contribution < 1.29 is 4.74 Å². The summed E-state index contributed by atoms with van der Waals surface area (Å²) in [5, 5.41) is 7.37. The molecule has 2 aromatic rings. The fourth-order valence-corrected chi connectivity index (χ4v) is 4.90. The van der Waals surface area contributed by atoms with Crippen LogP contribution in [0.3, 0.4) is 0 Å². The van der Waals surface area contributed by atoms with Gasteiger partial charge in [-0.05, 0) is 36.9 Å². The summed E-state index contributed by atoms with van der Waals surface area (Å²) in [5.41, 5.74) is 3.15. The zero-order valence-electron chi connectivity index (χ0n) is 15.4. The minimum absolute atomic E-state index is 0.225. The molecule has 1 fully saturated rings. The summed E-state index contributed by atoms with van der Waals surface area (Å²) in [6.07, 6.45) is 6.52. The highest BCUT2D eigenvalue weighted by atomic mass is 79.9. The third-order valence-corrected chi connectivity index (χ3v) is 6.55. The Morgan fingerprint density at radius 1 is 1.19 bits per heavy atom. The highest BCUT2D eigenvalue weighted by molar-refractivity contribution is 9.10. The number of hydrogen-bond acceptors (Lipinski definition) is 5. The Hall–Kier alpha value is -1.92. The fourth-order valence-electron chi connectivity index (χ4n) is 4.52. The number of likely N-dealkylation sites (tertiary alicyclic amines) is 1. The van der Waals surface area contributed by atoms with Gasteiger partial charge in [-0.3, -0.25) is 4.98 Å². The molecule has 0 amide bonds. The Morgan fingerprint density at radius 3 is 2.70 bits per heavy atom. The first-order valence-corrected chi connectivity index (χ1v) is 10.5. The molecule has 1 aromatic heterocycles. The van der Waals surface area contributed by atoms with Gasteiger partial charge in [0.1, 0.15) is 5.75 Å². The fraction of sp³-hybridized carbons (Fsp3) is 0.429. The van der Waals surface area contributed by atoms with Crippen molar-refractivity contribution in [2.75, 3.05) is 19.6 Å². The van der Waals surface area contributed by atoms with Crippen molar-refractivity contribution in [3.8, 4) is 5.75 Å². The molecule has 4 heterocycles. The van der Waals surface area contributed by atoms with E-state index in [4.69, 9.17) is 9.84 Å². The Balaban J connectivity index is 1.57. The van der Waals surface area contributed by atoms with E-state index in [0.29, 0.717) is 0 Å². The van der Waals surface area contributed by atoms with Crippen molar-refractivity contribution >= 4 is 21.6 Å². The number of hydrazone groups is 1. The van der Waals surface area contributed by atoms with Gasteiger partial charge in [0, 0.05) is 60.3 Å². The van der Waals surface area contributed by atoms with E-state index in [9.17, 15) is 0 Å². The number of ether oxygens (including phenoxy) is 1. The van der Waals surface area contributed by atoms with Crippen LogP contribution in [0, 0.1) is 0 Å². The van der Waals surface area contributed by atoms with Crippen LogP contribution in [-0.4, -0.2) is 46.0 Å². The third-order valence-electron chi connectivity index (χ3n) is 6.06. The second-order valence-electron chi connectivity index (χ2n) is 7.51. The number of piperidine rings is 1. The van der Waals surface area contributed by atoms with Crippen LogP contribution >= 0.6 is 15.9 Å². The normalized spacial score (nSPS) is 23.6. The average Bonchev–Trinajstić information content (AvgIpc) is 3.17. The lowest BCUT2D eigenvalue weighted by atomic mass is 9.91. The van der Waals surface area contributed by atoms with Crippen molar-refractivity contribution in [3.05, 3.63) is 58.3 Å².